The zero-order valence-electron chi connectivity index (χ0n) is 15.1. The van der Waals surface area contributed by atoms with E-state index in [0.29, 0.717) is 26.3 Å². The van der Waals surface area contributed by atoms with Crippen LogP contribution in [0.5, 0.6) is 5.75 Å². The summed E-state index contributed by atoms with van der Waals surface area (Å²) in [6.07, 6.45) is 1.65. The molecule has 0 saturated carbocycles. The third-order valence-electron chi connectivity index (χ3n) is 4.11. The molecule has 0 bridgehead atoms. The molecule has 0 aliphatic heterocycles. The van der Waals surface area contributed by atoms with Gasteiger partial charge in [-0.1, -0.05) is 35.1 Å². The van der Waals surface area contributed by atoms with Crippen molar-refractivity contribution in [2.45, 2.75) is 6.54 Å². The molecule has 0 atom stereocenters. The number of carbonyl (C=O) groups is 1. The summed E-state index contributed by atoms with van der Waals surface area (Å²) in [6.45, 7) is -0.00202. The Balaban J connectivity index is 1.60. The van der Waals surface area contributed by atoms with Crippen LogP contribution in [0.1, 0.15) is 5.69 Å². The van der Waals surface area contributed by atoms with Crippen LogP contribution >= 0.6 is 22.9 Å². The number of hydrogen-bond acceptors (Lipinski definition) is 5. The topological polar surface area (TPSA) is 55.3 Å². The van der Waals surface area contributed by atoms with Gasteiger partial charge in [-0.25, -0.2) is 9.37 Å². The summed E-state index contributed by atoms with van der Waals surface area (Å²) >= 11 is 7.12. The summed E-state index contributed by atoms with van der Waals surface area (Å²) in [5, 5.41) is 0.970. The fraction of sp³-hybridized carbons (Fsp3) is 0.0952. The van der Waals surface area contributed by atoms with E-state index in [-0.39, 0.29) is 24.6 Å². The van der Waals surface area contributed by atoms with Gasteiger partial charge in [-0.3, -0.25) is 14.7 Å². The number of hydrogen-bond donors (Lipinski definition) is 0. The molecule has 0 aliphatic rings. The molecule has 0 N–H and O–H groups in total. The molecule has 2 heterocycles. The Labute approximate surface area is 175 Å². The van der Waals surface area contributed by atoms with E-state index >= 15 is 0 Å². The molecule has 0 aliphatic carbocycles. The lowest BCUT2D eigenvalue weighted by Crippen LogP contribution is -2.34. The largest absolute Gasteiger partial charge is 0.484 e. The summed E-state index contributed by atoms with van der Waals surface area (Å²) in [6, 6.07) is 16.9. The number of para-hydroxylation sites is 1. The minimum absolute atomic E-state index is 0.199. The van der Waals surface area contributed by atoms with Crippen LogP contribution in [0.3, 0.4) is 0 Å². The maximum Gasteiger partial charge on any atom is 0.267 e. The Morgan fingerprint density at radius 3 is 2.66 bits per heavy atom. The van der Waals surface area contributed by atoms with E-state index in [9.17, 15) is 9.18 Å². The molecule has 29 heavy (non-hydrogen) atoms. The quantitative estimate of drug-likeness (QED) is 0.429. The molecule has 0 fully saturated rings. The molecule has 8 heteroatoms. The van der Waals surface area contributed by atoms with Crippen LogP contribution in [0.2, 0.25) is 5.02 Å². The number of rotatable bonds is 6. The highest BCUT2D eigenvalue weighted by Crippen LogP contribution is 2.31. The zero-order valence-corrected chi connectivity index (χ0v) is 16.7. The predicted molar refractivity (Wildman–Crippen MR) is 112 cm³/mol. The van der Waals surface area contributed by atoms with Gasteiger partial charge in [-0.2, -0.15) is 0 Å². The minimum atomic E-state index is -0.423. The molecule has 0 radical (unpaired) electrons. The van der Waals surface area contributed by atoms with Gasteiger partial charge in [0.25, 0.3) is 5.91 Å². The Bertz CT molecular complexity index is 1140. The number of pyridine rings is 1. The van der Waals surface area contributed by atoms with Crippen molar-refractivity contribution in [1.82, 2.24) is 9.97 Å². The highest BCUT2D eigenvalue weighted by molar-refractivity contribution is 7.22. The molecule has 0 spiro atoms. The van der Waals surface area contributed by atoms with Gasteiger partial charge in [-0.05, 0) is 48.5 Å². The number of amides is 1. The summed E-state index contributed by atoms with van der Waals surface area (Å²) in [5.41, 5.74) is 0.928. The minimum Gasteiger partial charge on any atom is -0.484 e. The molecule has 5 nitrogen and oxygen atoms in total. The molecule has 4 aromatic rings. The van der Waals surface area contributed by atoms with Crippen molar-refractivity contribution in [3.63, 3.8) is 0 Å². The normalized spacial score (nSPS) is 10.8. The lowest BCUT2D eigenvalue weighted by molar-refractivity contribution is -0.120. The van der Waals surface area contributed by atoms with Gasteiger partial charge < -0.3 is 4.74 Å². The van der Waals surface area contributed by atoms with Crippen LogP contribution in [0.25, 0.3) is 10.2 Å². The van der Waals surface area contributed by atoms with Crippen molar-refractivity contribution >= 4 is 44.2 Å². The number of anilines is 1. The number of benzene rings is 2. The van der Waals surface area contributed by atoms with Crippen molar-refractivity contribution in [3.05, 3.63) is 83.4 Å². The van der Waals surface area contributed by atoms with Crippen molar-refractivity contribution in [2.75, 3.05) is 11.5 Å². The van der Waals surface area contributed by atoms with Crippen molar-refractivity contribution in [3.8, 4) is 5.75 Å². The Morgan fingerprint density at radius 1 is 1.10 bits per heavy atom. The average Bonchev–Trinajstić information content (AvgIpc) is 3.17. The van der Waals surface area contributed by atoms with E-state index < -0.39 is 5.82 Å². The fourth-order valence-corrected chi connectivity index (χ4v) is 3.81. The van der Waals surface area contributed by atoms with Crippen molar-refractivity contribution in [1.29, 1.82) is 0 Å². The molecule has 0 unspecified atom stereocenters. The fourth-order valence-electron chi connectivity index (χ4n) is 2.69. The van der Waals surface area contributed by atoms with E-state index in [0.717, 1.165) is 0 Å². The van der Waals surface area contributed by atoms with Gasteiger partial charge in [0.1, 0.15) is 17.1 Å². The maximum atomic E-state index is 14.1. The second kappa shape index (κ2) is 8.55. The van der Waals surface area contributed by atoms with Gasteiger partial charge in [0.15, 0.2) is 11.7 Å². The summed E-state index contributed by atoms with van der Waals surface area (Å²) in [7, 11) is 0. The number of thiazole rings is 1. The van der Waals surface area contributed by atoms with Gasteiger partial charge >= 0.3 is 0 Å². The third-order valence-corrected chi connectivity index (χ3v) is 5.41. The van der Waals surface area contributed by atoms with Gasteiger partial charge in [0, 0.05) is 11.2 Å². The van der Waals surface area contributed by atoms with E-state index in [2.05, 4.69) is 9.97 Å². The van der Waals surface area contributed by atoms with Crippen molar-refractivity contribution in [2.24, 2.45) is 0 Å². The number of carbonyl (C=O) groups excluding carboxylic acids is 1. The molecule has 1 amide bonds. The number of halogens is 2. The van der Waals surface area contributed by atoms with Gasteiger partial charge in [0.2, 0.25) is 0 Å². The van der Waals surface area contributed by atoms with Crippen LogP contribution < -0.4 is 9.64 Å². The third kappa shape index (κ3) is 4.52. The van der Waals surface area contributed by atoms with Crippen molar-refractivity contribution < 1.29 is 13.9 Å². The molecule has 4 rings (SSSR count). The highest BCUT2D eigenvalue weighted by atomic mass is 35.5. The summed E-state index contributed by atoms with van der Waals surface area (Å²) in [4.78, 5) is 23.1. The van der Waals surface area contributed by atoms with E-state index in [1.54, 1.807) is 48.7 Å². The van der Waals surface area contributed by atoms with E-state index in [4.69, 9.17) is 16.3 Å². The SMILES string of the molecule is O=C(COc1ccc(Cl)cc1)N(Cc1ccccn1)c1nc2c(F)cccc2s1. The first-order valence-electron chi connectivity index (χ1n) is 8.74. The van der Waals surface area contributed by atoms with Crippen LogP contribution in [0.4, 0.5) is 9.52 Å². The van der Waals surface area contributed by atoms with E-state index in [1.807, 2.05) is 12.1 Å². The van der Waals surface area contributed by atoms with E-state index in [1.165, 1.54) is 22.3 Å². The second-order valence-corrected chi connectivity index (χ2v) is 7.57. The molecule has 2 aromatic heterocycles. The van der Waals surface area contributed by atoms with Gasteiger partial charge in [-0.15, -0.1) is 0 Å². The first kappa shape index (κ1) is 19.3. The molecule has 0 saturated heterocycles. The number of fused-ring (bicyclic) bond motifs is 1. The molecule has 146 valence electrons. The highest BCUT2D eigenvalue weighted by Gasteiger charge is 2.22. The average molecular weight is 428 g/mol. The summed E-state index contributed by atoms with van der Waals surface area (Å²) < 4.78 is 20.3. The standard InChI is InChI=1S/C21H15ClFN3O2S/c22-14-7-9-16(10-8-14)28-13-19(27)26(12-15-4-1-2-11-24-15)21-25-20-17(23)5-3-6-18(20)29-21/h1-11H,12-13H2. The van der Waals surface area contributed by atoms with Crippen LogP contribution in [-0.4, -0.2) is 22.5 Å². The van der Waals surface area contributed by atoms with Crippen LogP contribution in [-0.2, 0) is 11.3 Å². The number of aromatic nitrogens is 2. The van der Waals surface area contributed by atoms with Crippen LogP contribution in [0, 0.1) is 5.82 Å². The van der Waals surface area contributed by atoms with Gasteiger partial charge in [0.05, 0.1) is 16.9 Å². The smallest absolute Gasteiger partial charge is 0.267 e. The lowest BCUT2D eigenvalue weighted by atomic mass is 10.3. The molecular weight excluding hydrogens is 413 g/mol. The Kier molecular flexibility index (Phi) is 5.69. The summed E-state index contributed by atoms with van der Waals surface area (Å²) in [5.74, 6) is -0.214. The zero-order chi connectivity index (χ0) is 20.2. The maximum absolute atomic E-state index is 14.1. The molecular formula is C21H15ClFN3O2S. The number of ether oxygens (including phenoxy) is 1. The first-order chi connectivity index (χ1) is 14.1. The monoisotopic (exact) mass is 427 g/mol. The lowest BCUT2D eigenvalue weighted by Gasteiger charge is -2.19. The predicted octanol–water partition coefficient (Wildman–Crippen LogP) is 5.10. The Hall–Kier alpha value is -3.03. The molecule has 2 aromatic carbocycles. The van der Waals surface area contributed by atoms with Crippen LogP contribution in [0.15, 0.2) is 66.9 Å². The number of nitrogens with zero attached hydrogens (tertiary/aromatic N) is 3. The second-order valence-electron chi connectivity index (χ2n) is 6.13. The first-order valence-corrected chi connectivity index (χ1v) is 9.93. The Morgan fingerprint density at radius 2 is 1.93 bits per heavy atom.